The fraction of sp³-hybridized carbons (Fsp3) is 0.185. The van der Waals surface area contributed by atoms with Crippen LogP contribution in [0.25, 0.3) is 38.7 Å². The third-order valence-corrected chi connectivity index (χ3v) is 7.85. The first-order valence-electron chi connectivity index (χ1n) is 12.3. The van der Waals surface area contributed by atoms with Gasteiger partial charge in [-0.25, -0.2) is 5.10 Å². The monoisotopic (exact) mass is 591 g/mol. The van der Waals surface area contributed by atoms with Gasteiger partial charge in [-0.3, -0.25) is 20.2 Å². The summed E-state index contributed by atoms with van der Waals surface area (Å²) in [5.41, 5.74) is 3.53. The number of thiophene rings is 2. The van der Waals surface area contributed by atoms with Gasteiger partial charge in [0, 0.05) is 15.7 Å². The fourth-order valence-electron chi connectivity index (χ4n) is 3.59. The molecule has 4 aromatic rings. The largest absolute Gasteiger partial charge is 0.433 e. The molecule has 0 saturated heterocycles. The standard InChI is InChI=1S/C27H23N6O6S2/c1-27(2)15-28-26(29-16-27)31-30-17(3-5-18-7-11-22(40-18)20-9-13-24(38-20)32(34)35)4-6-19-8-12-23(41-19)21-10-14-25(39-21)33(36)37/h3-14H,15-16H2,1-2H3,(H-,28,29,31)/q-1/b5-3+,6-4+. The summed E-state index contributed by atoms with van der Waals surface area (Å²) in [6, 6.07) is 13.2. The van der Waals surface area contributed by atoms with Crippen LogP contribution in [0.5, 0.6) is 0 Å². The van der Waals surface area contributed by atoms with Crippen molar-refractivity contribution in [1.82, 2.24) is 5.43 Å². The van der Waals surface area contributed by atoms with Gasteiger partial charge in [0.05, 0.1) is 27.6 Å². The van der Waals surface area contributed by atoms with Gasteiger partial charge in [0.15, 0.2) is 11.5 Å². The molecule has 1 N–H and O–H groups in total. The van der Waals surface area contributed by atoms with Gasteiger partial charge in [-0.15, -0.1) is 22.7 Å². The molecule has 12 nitrogen and oxygen atoms in total. The van der Waals surface area contributed by atoms with Gasteiger partial charge in [-0.2, -0.15) is 0 Å². The Labute approximate surface area is 241 Å². The Morgan fingerprint density at radius 1 is 0.927 bits per heavy atom. The average Bonchev–Trinajstić information content (AvgIpc) is 3.74. The van der Waals surface area contributed by atoms with Crippen molar-refractivity contribution >= 4 is 58.3 Å². The molecule has 0 spiro atoms. The van der Waals surface area contributed by atoms with Gasteiger partial charge in [-0.1, -0.05) is 13.8 Å². The fourth-order valence-corrected chi connectivity index (χ4v) is 5.34. The van der Waals surface area contributed by atoms with Crippen LogP contribution >= 0.6 is 22.7 Å². The highest BCUT2D eigenvalue weighted by atomic mass is 32.1. The summed E-state index contributed by atoms with van der Waals surface area (Å²) in [5.74, 6) is 0.688. The zero-order valence-corrected chi connectivity index (χ0v) is 23.5. The Morgan fingerprint density at radius 2 is 1.46 bits per heavy atom. The third kappa shape index (κ3) is 7.04. The first-order chi connectivity index (χ1) is 19.6. The van der Waals surface area contributed by atoms with Crippen LogP contribution in [-0.4, -0.2) is 34.6 Å². The number of hydrogen-bond donors (Lipinski definition) is 1. The predicted molar refractivity (Wildman–Crippen MR) is 160 cm³/mol. The van der Waals surface area contributed by atoms with Crippen LogP contribution in [0.1, 0.15) is 23.6 Å². The number of hydrogen-bond acceptors (Lipinski definition) is 11. The molecule has 0 bridgehead atoms. The summed E-state index contributed by atoms with van der Waals surface area (Å²) < 4.78 is 10.6. The molecule has 41 heavy (non-hydrogen) atoms. The van der Waals surface area contributed by atoms with Gasteiger partial charge in [0.25, 0.3) is 0 Å². The maximum atomic E-state index is 10.9. The molecule has 210 valence electrons. The van der Waals surface area contributed by atoms with Crippen molar-refractivity contribution in [2.24, 2.45) is 15.5 Å². The van der Waals surface area contributed by atoms with Crippen molar-refractivity contribution < 1.29 is 18.7 Å². The number of nitrogens with one attached hydrogen (secondary N) is 1. The summed E-state index contributed by atoms with van der Waals surface area (Å²) >= 11 is 2.83. The van der Waals surface area contributed by atoms with Gasteiger partial charge in [-0.05, 0) is 79.2 Å². The van der Waals surface area contributed by atoms with E-state index >= 15 is 0 Å². The second-order valence-corrected chi connectivity index (χ2v) is 11.9. The average molecular weight is 592 g/mol. The van der Waals surface area contributed by atoms with Crippen molar-refractivity contribution in [1.29, 1.82) is 0 Å². The van der Waals surface area contributed by atoms with E-state index in [1.54, 1.807) is 12.1 Å². The maximum absolute atomic E-state index is 10.9. The summed E-state index contributed by atoms with van der Waals surface area (Å²) in [7, 11) is 0. The molecule has 0 atom stereocenters. The van der Waals surface area contributed by atoms with E-state index in [-0.39, 0.29) is 17.2 Å². The lowest BCUT2D eigenvalue weighted by Gasteiger charge is -2.34. The Kier molecular flexibility index (Phi) is 7.94. The molecular formula is C27H23N6O6S2-. The predicted octanol–water partition coefficient (Wildman–Crippen LogP) is 7.59. The lowest BCUT2D eigenvalue weighted by Crippen LogP contribution is -2.32. The molecule has 0 unspecified atom stereocenters. The van der Waals surface area contributed by atoms with Crippen LogP contribution in [0.4, 0.5) is 11.8 Å². The minimum Gasteiger partial charge on any atom is -0.400 e. The summed E-state index contributed by atoms with van der Waals surface area (Å²) in [4.78, 5) is 28.5. The Hall–Kier alpha value is -4.82. The van der Waals surface area contributed by atoms with Crippen molar-refractivity contribution in [3.63, 3.8) is 0 Å². The topological polar surface area (TPSA) is 163 Å². The van der Waals surface area contributed by atoms with E-state index in [2.05, 4.69) is 34.7 Å². The lowest BCUT2D eigenvalue weighted by atomic mass is 9.93. The molecule has 0 saturated carbocycles. The zero-order chi connectivity index (χ0) is 29.0. The van der Waals surface area contributed by atoms with E-state index in [0.717, 1.165) is 19.5 Å². The smallest absolute Gasteiger partial charge is 0.400 e. The first kappa shape index (κ1) is 27.7. The summed E-state index contributed by atoms with van der Waals surface area (Å²) in [5, 5.41) is 30.8. The van der Waals surface area contributed by atoms with Crippen molar-refractivity contribution in [3.8, 4) is 21.3 Å². The number of furan rings is 2. The quantitative estimate of drug-likeness (QED) is 0.119. The lowest BCUT2D eigenvalue weighted by molar-refractivity contribution is -0.402. The number of allylic oxidation sites excluding steroid dienone is 2. The van der Waals surface area contributed by atoms with Gasteiger partial charge in [0.2, 0.25) is 0 Å². The number of guanidine groups is 1. The van der Waals surface area contributed by atoms with E-state index in [9.17, 15) is 20.2 Å². The normalized spacial score (nSPS) is 14.6. The zero-order valence-electron chi connectivity index (χ0n) is 21.8. The second-order valence-electron chi connectivity index (χ2n) is 9.63. The number of aliphatic imine (C=N–C) groups is 1. The molecule has 0 amide bonds. The minimum atomic E-state index is -0.571. The van der Waals surface area contributed by atoms with E-state index < -0.39 is 9.85 Å². The van der Waals surface area contributed by atoms with Gasteiger partial charge >= 0.3 is 11.8 Å². The van der Waals surface area contributed by atoms with Crippen molar-refractivity contribution in [3.05, 3.63) is 96.0 Å². The highest BCUT2D eigenvalue weighted by Gasteiger charge is 2.17. The summed E-state index contributed by atoms with van der Waals surface area (Å²) in [6.45, 7) is 5.48. The molecule has 0 radical (unpaired) electrons. The Balaban J connectivity index is 1.34. The van der Waals surface area contributed by atoms with Crippen LogP contribution in [0, 0.1) is 25.6 Å². The SMILES string of the molecule is CC1(C)CN=C(NN=C(/C=C/c2ccc(-c3ccc([N+](=O)[O-])o3)s2)/C=C/c2ccc(-c3ccc([N+](=O)[O-])o3)s2)[N-]C1. The van der Waals surface area contributed by atoms with Gasteiger partial charge < -0.3 is 24.6 Å². The van der Waals surface area contributed by atoms with Crippen LogP contribution < -0.4 is 5.43 Å². The second kappa shape index (κ2) is 11.7. The minimum absolute atomic E-state index is 0.00807. The molecule has 0 aliphatic carbocycles. The van der Waals surface area contributed by atoms with Crippen LogP contribution in [0.3, 0.4) is 0 Å². The number of rotatable bonds is 9. The molecule has 4 aromatic heterocycles. The van der Waals surface area contributed by atoms with E-state index in [1.165, 1.54) is 34.8 Å². The molecule has 0 fully saturated rings. The first-order valence-corrected chi connectivity index (χ1v) is 13.9. The maximum Gasteiger partial charge on any atom is 0.433 e. The highest BCUT2D eigenvalue weighted by molar-refractivity contribution is 7.16. The van der Waals surface area contributed by atoms with E-state index in [0.29, 0.717) is 36.3 Å². The number of hydrazone groups is 1. The van der Waals surface area contributed by atoms with E-state index in [4.69, 9.17) is 8.83 Å². The van der Waals surface area contributed by atoms with Gasteiger partial charge in [0.1, 0.15) is 9.85 Å². The highest BCUT2D eigenvalue weighted by Crippen LogP contribution is 2.33. The van der Waals surface area contributed by atoms with Crippen LogP contribution in [0.15, 0.2) is 79.6 Å². The number of nitrogens with zero attached hydrogens (tertiary/aromatic N) is 5. The Morgan fingerprint density at radius 3 is 1.90 bits per heavy atom. The Bertz CT molecular complexity index is 1600. The van der Waals surface area contributed by atoms with Crippen LogP contribution in [0.2, 0.25) is 0 Å². The molecule has 5 heterocycles. The summed E-state index contributed by atoms with van der Waals surface area (Å²) in [6.07, 6.45) is 7.39. The molecule has 1 aliphatic rings. The number of nitro groups is 2. The molecule has 1 aliphatic heterocycles. The molecule has 0 aromatic carbocycles. The molecule has 14 heteroatoms. The third-order valence-electron chi connectivity index (χ3n) is 5.72. The van der Waals surface area contributed by atoms with E-state index in [1.807, 2.05) is 48.6 Å². The molecular weight excluding hydrogens is 568 g/mol. The van der Waals surface area contributed by atoms with Crippen molar-refractivity contribution in [2.45, 2.75) is 13.8 Å². The van der Waals surface area contributed by atoms with Crippen molar-refractivity contribution in [2.75, 3.05) is 13.1 Å². The molecule has 5 rings (SSSR count). The van der Waals surface area contributed by atoms with Crippen LogP contribution in [-0.2, 0) is 0 Å².